The molecule has 0 unspecified atom stereocenters. The van der Waals surface area contributed by atoms with Gasteiger partial charge in [-0.15, -0.1) is 0 Å². The molecule has 0 fully saturated rings. The van der Waals surface area contributed by atoms with Gasteiger partial charge in [-0.3, -0.25) is 9.10 Å². The van der Waals surface area contributed by atoms with Gasteiger partial charge in [0.1, 0.15) is 5.75 Å². The van der Waals surface area contributed by atoms with Crippen molar-refractivity contribution in [1.29, 1.82) is 0 Å². The number of carbonyl (C=O) groups is 1. The van der Waals surface area contributed by atoms with E-state index in [1.54, 1.807) is 49.6 Å². The molecule has 0 aromatic heterocycles. The molecule has 184 valence electrons. The molecular formula is C27H30N2O5S. The van der Waals surface area contributed by atoms with Crippen LogP contribution in [0.4, 0.5) is 11.4 Å². The van der Waals surface area contributed by atoms with E-state index >= 15 is 0 Å². The Morgan fingerprint density at radius 1 is 1.06 bits per heavy atom. The fourth-order valence-electron chi connectivity index (χ4n) is 3.93. The number of sulfonamides is 1. The average Bonchev–Trinajstić information content (AvgIpc) is 2.83. The largest absolute Gasteiger partial charge is 0.476 e. The summed E-state index contributed by atoms with van der Waals surface area (Å²) in [6, 6.07) is 21.0. The number of rotatable bonds is 6. The molecule has 1 heterocycles. The van der Waals surface area contributed by atoms with Crippen molar-refractivity contribution in [3.63, 3.8) is 0 Å². The van der Waals surface area contributed by atoms with Gasteiger partial charge in [-0.25, -0.2) is 8.42 Å². The SMILES string of the molecule is COCc1cccc(NC(=O)[C@@H]2CN(S(=O)(=O)c3ccccc3)c3cc(C(C)(C)C)ccc3O2)c1. The standard InChI is InChI=1S/C27H30N2O5S/c1-27(2,3)20-13-14-24-23(16-20)29(35(31,32)22-11-6-5-7-12-22)17-25(34-24)26(30)28-21-10-8-9-19(15-21)18-33-4/h5-16,25H,17-18H2,1-4H3,(H,28,30)/t25-/m0/s1. The number of ether oxygens (including phenoxy) is 2. The lowest BCUT2D eigenvalue weighted by Gasteiger charge is -2.36. The second-order valence-electron chi connectivity index (χ2n) is 9.51. The highest BCUT2D eigenvalue weighted by Gasteiger charge is 2.38. The van der Waals surface area contributed by atoms with Gasteiger partial charge >= 0.3 is 0 Å². The minimum Gasteiger partial charge on any atom is -0.476 e. The lowest BCUT2D eigenvalue weighted by atomic mass is 9.86. The number of hydrogen-bond donors (Lipinski definition) is 1. The van der Waals surface area contributed by atoms with Crippen molar-refractivity contribution in [2.24, 2.45) is 0 Å². The second-order valence-corrected chi connectivity index (χ2v) is 11.4. The van der Waals surface area contributed by atoms with E-state index in [0.29, 0.717) is 23.7 Å². The molecule has 0 aliphatic carbocycles. The number of nitrogens with zero attached hydrogens (tertiary/aromatic N) is 1. The highest BCUT2D eigenvalue weighted by Crippen LogP contribution is 2.40. The van der Waals surface area contributed by atoms with Crippen LogP contribution in [0.5, 0.6) is 5.75 Å². The van der Waals surface area contributed by atoms with Crippen LogP contribution in [0.25, 0.3) is 0 Å². The Kier molecular flexibility index (Phi) is 6.87. The second kappa shape index (κ2) is 9.71. The lowest BCUT2D eigenvalue weighted by Crippen LogP contribution is -2.49. The Balaban J connectivity index is 1.70. The number of benzene rings is 3. The van der Waals surface area contributed by atoms with E-state index in [1.165, 1.54) is 4.31 Å². The summed E-state index contributed by atoms with van der Waals surface area (Å²) in [7, 11) is -2.33. The molecule has 1 N–H and O–H groups in total. The third kappa shape index (κ3) is 5.33. The Morgan fingerprint density at radius 3 is 2.49 bits per heavy atom. The Morgan fingerprint density at radius 2 is 1.80 bits per heavy atom. The van der Waals surface area contributed by atoms with Gasteiger partial charge in [-0.2, -0.15) is 0 Å². The van der Waals surface area contributed by atoms with Crippen molar-refractivity contribution in [2.45, 2.75) is 43.8 Å². The van der Waals surface area contributed by atoms with Gasteiger partial charge < -0.3 is 14.8 Å². The number of hydrogen-bond acceptors (Lipinski definition) is 5. The molecular weight excluding hydrogens is 464 g/mol. The molecule has 7 nitrogen and oxygen atoms in total. The molecule has 0 spiro atoms. The van der Waals surface area contributed by atoms with Crippen molar-refractivity contribution < 1.29 is 22.7 Å². The third-order valence-electron chi connectivity index (χ3n) is 5.82. The van der Waals surface area contributed by atoms with Crippen LogP contribution in [0.15, 0.2) is 77.7 Å². The molecule has 0 bridgehead atoms. The van der Waals surface area contributed by atoms with Crippen molar-refractivity contribution in [2.75, 3.05) is 23.3 Å². The number of fused-ring (bicyclic) bond motifs is 1. The molecule has 0 saturated heterocycles. The Labute approximate surface area is 206 Å². The molecule has 8 heteroatoms. The van der Waals surface area contributed by atoms with Crippen molar-refractivity contribution in [1.82, 2.24) is 0 Å². The quantitative estimate of drug-likeness (QED) is 0.536. The zero-order chi connectivity index (χ0) is 25.2. The average molecular weight is 495 g/mol. The van der Waals surface area contributed by atoms with Crippen LogP contribution in [0, 0.1) is 0 Å². The molecule has 1 amide bonds. The first-order chi connectivity index (χ1) is 16.6. The number of nitrogens with one attached hydrogen (secondary N) is 1. The summed E-state index contributed by atoms with van der Waals surface area (Å²) in [5.41, 5.74) is 2.68. The summed E-state index contributed by atoms with van der Waals surface area (Å²) >= 11 is 0. The molecule has 1 atom stereocenters. The molecule has 4 rings (SSSR count). The van der Waals surface area contributed by atoms with Crippen molar-refractivity contribution in [3.8, 4) is 5.75 Å². The van der Waals surface area contributed by atoms with Gasteiger partial charge in [-0.05, 0) is 52.9 Å². The van der Waals surface area contributed by atoms with Gasteiger partial charge in [0.25, 0.3) is 15.9 Å². The summed E-state index contributed by atoms with van der Waals surface area (Å²) in [6.07, 6.45) is -1.03. The van der Waals surface area contributed by atoms with E-state index in [9.17, 15) is 13.2 Å². The smallest absolute Gasteiger partial charge is 0.267 e. The molecule has 0 saturated carbocycles. The summed E-state index contributed by atoms with van der Waals surface area (Å²) in [5, 5.41) is 2.85. The monoisotopic (exact) mass is 494 g/mol. The van der Waals surface area contributed by atoms with Crippen LogP contribution in [-0.4, -0.2) is 34.1 Å². The van der Waals surface area contributed by atoms with Crippen LogP contribution >= 0.6 is 0 Å². The van der Waals surface area contributed by atoms with E-state index in [4.69, 9.17) is 9.47 Å². The fourth-order valence-corrected chi connectivity index (χ4v) is 5.42. The third-order valence-corrected chi connectivity index (χ3v) is 7.62. The van der Waals surface area contributed by atoms with E-state index in [-0.39, 0.29) is 16.9 Å². The van der Waals surface area contributed by atoms with Crippen LogP contribution in [-0.2, 0) is 31.6 Å². The van der Waals surface area contributed by atoms with Crippen LogP contribution in [0.1, 0.15) is 31.9 Å². The van der Waals surface area contributed by atoms with E-state index in [1.807, 2.05) is 30.3 Å². The zero-order valence-corrected chi connectivity index (χ0v) is 21.1. The van der Waals surface area contributed by atoms with Crippen LogP contribution in [0.2, 0.25) is 0 Å². The minimum absolute atomic E-state index is 0.151. The Bertz CT molecular complexity index is 1320. The van der Waals surface area contributed by atoms with Gasteiger partial charge in [0.15, 0.2) is 6.10 Å². The molecule has 1 aliphatic rings. The molecule has 35 heavy (non-hydrogen) atoms. The number of methoxy groups -OCH3 is 1. The molecule has 1 aliphatic heterocycles. The maximum atomic E-state index is 13.7. The Hall–Kier alpha value is -3.36. The van der Waals surface area contributed by atoms with E-state index in [0.717, 1.165) is 11.1 Å². The summed E-state index contributed by atoms with van der Waals surface area (Å²) < 4.78 is 39.8. The first-order valence-corrected chi connectivity index (χ1v) is 12.8. The first kappa shape index (κ1) is 24.8. The van der Waals surface area contributed by atoms with Crippen molar-refractivity contribution >= 4 is 27.3 Å². The topological polar surface area (TPSA) is 84.9 Å². The minimum atomic E-state index is -3.93. The molecule has 3 aromatic carbocycles. The number of amides is 1. The van der Waals surface area contributed by atoms with E-state index in [2.05, 4.69) is 26.1 Å². The highest BCUT2D eigenvalue weighted by molar-refractivity contribution is 7.92. The maximum Gasteiger partial charge on any atom is 0.267 e. The number of carbonyl (C=O) groups excluding carboxylic acids is 1. The highest BCUT2D eigenvalue weighted by atomic mass is 32.2. The van der Waals surface area contributed by atoms with Gasteiger partial charge in [0.05, 0.1) is 23.7 Å². The fraction of sp³-hybridized carbons (Fsp3) is 0.296. The number of anilines is 2. The predicted molar refractivity (Wildman–Crippen MR) is 136 cm³/mol. The van der Waals surface area contributed by atoms with Crippen LogP contribution < -0.4 is 14.4 Å². The normalized spacial score (nSPS) is 15.8. The van der Waals surface area contributed by atoms with Gasteiger partial charge in [0, 0.05) is 12.8 Å². The van der Waals surface area contributed by atoms with Crippen molar-refractivity contribution in [3.05, 3.63) is 83.9 Å². The summed E-state index contributed by atoms with van der Waals surface area (Å²) in [4.78, 5) is 13.3. The van der Waals surface area contributed by atoms with Gasteiger partial charge in [0.2, 0.25) is 0 Å². The van der Waals surface area contributed by atoms with E-state index < -0.39 is 22.0 Å². The summed E-state index contributed by atoms with van der Waals surface area (Å²) in [6.45, 7) is 6.44. The summed E-state index contributed by atoms with van der Waals surface area (Å²) in [5.74, 6) is -0.0876. The zero-order valence-electron chi connectivity index (χ0n) is 20.3. The maximum absolute atomic E-state index is 13.7. The lowest BCUT2D eigenvalue weighted by molar-refractivity contribution is -0.122. The predicted octanol–water partition coefficient (Wildman–Crippen LogP) is 4.73. The van der Waals surface area contributed by atoms with Crippen LogP contribution in [0.3, 0.4) is 0 Å². The van der Waals surface area contributed by atoms with Gasteiger partial charge in [-0.1, -0.05) is 57.2 Å². The first-order valence-electron chi connectivity index (χ1n) is 11.4. The molecule has 3 aromatic rings. The molecule has 0 radical (unpaired) electrons.